The van der Waals surface area contributed by atoms with Gasteiger partial charge in [-0.1, -0.05) is 0 Å². The molecule has 2 rings (SSSR count). The molecule has 4 N–H and O–H groups in total. The molecule has 0 atom stereocenters. The van der Waals surface area contributed by atoms with Gasteiger partial charge in [0.2, 0.25) is 0 Å². The fraction of sp³-hybridized carbons (Fsp3) is 0.125. The summed E-state index contributed by atoms with van der Waals surface area (Å²) in [6.07, 6.45) is 0. The van der Waals surface area contributed by atoms with Crippen LogP contribution in [-0.2, 0) is 9.59 Å². The molecule has 0 fully saturated rings. The first kappa shape index (κ1) is 21.7. The molecule has 0 heterocycles. The first-order valence-corrected chi connectivity index (χ1v) is 8.02. The number of carbonyl (C=O) groups is 2. The summed E-state index contributed by atoms with van der Waals surface area (Å²) in [5.41, 5.74) is 8.42. The summed E-state index contributed by atoms with van der Waals surface area (Å²) in [5, 5.41) is 21.8. The van der Waals surface area contributed by atoms with Gasteiger partial charge in [0.25, 0.3) is 11.4 Å². The van der Waals surface area contributed by atoms with E-state index in [1.807, 2.05) is 0 Å². The first-order chi connectivity index (χ1) is 14.2. The predicted octanol–water partition coefficient (Wildman–Crippen LogP) is 1.11. The summed E-state index contributed by atoms with van der Waals surface area (Å²) in [4.78, 5) is 44.3. The topological polar surface area (TPSA) is 187 Å². The van der Waals surface area contributed by atoms with Crippen LogP contribution in [0.5, 0.6) is 11.5 Å². The summed E-state index contributed by atoms with van der Waals surface area (Å²) in [6, 6.07) is 7.31. The predicted molar refractivity (Wildman–Crippen MR) is 103 cm³/mol. The number of methoxy groups -OCH3 is 2. The van der Waals surface area contributed by atoms with E-state index < -0.39 is 21.7 Å². The van der Waals surface area contributed by atoms with Gasteiger partial charge in [0.1, 0.15) is 11.5 Å². The largest absolute Gasteiger partial charge is 0.496 e. The minimum absolute atomic E-state index is 0.0959. The zero-order valence-electron chi connectivity index (χ0n) is 15.6. The third kappa shape index (κ3) is 5.69. The van der Waals surface area contributed by atoms with Gasteiger partial charge in [0, 0.05) is 24.3 Å². The Kier molecular flexibility index (Phi) is 6.89. The lowest BCUT2D eigenvalue weighted by Gasteiger charge is -2.11. The van der Waals surface area contributed by atoms with E-state index in [0.29, 0.717) is 0 Å². The maximum absolute atomic E-state index is 11.9. The van der Waals surface area contributed by atoms with Gasteiger partial charge in [-0.25, -0.2) is 0 Å². The molecule has 2 aromatic carbocycles. The quantitative estimate of drug-likeness (QED) is 0.274. The Bertz CT molecular complexity index is 916. The molecule has 30 heavy (non-hydrogen) atoms. The van der Waals surface area contributed by atoms with Gasteiger partial charge in [-0.05, 0) is 0 Å². The molecule has 0 radical (unpaired) electrons. The second-order valence-electron chi connectivity index (χ2n) is 5.51. The third-order valence-electron chi connectivity index (χ3n) is 3.52. The van der Waals surface area contributed by atoms with Gasteiger partial charge in [-0.15, -0.1) is 0 Å². The van der Waals surface area contributed by atoms with Crippen LogP contribution >= 0.6 is 0 Å². The molecule has 0 bridgehead atoms. The number of nitrogens with one attached hydrogen (secondary N) is 4. The number of rotatable bonds is 8. The van der Waals surface area contributed by atoms with E-state index in [2.05, 4.69) is 21.7 Å². The normalized spacial score (nSPS) is 9.80. The fourth-order valence-corrected chi connectivity index (χ4v) is 2.13. The Labute approximate surface area is 168 Å². The molecule has 0 aliphatic carbocycles. The van der Waals surface area contributed by atoms with E-state index >= 15 is 0 Å². The average Bonchev–Trinajstić information content (AvgIpc) is 2.74. The molecule has 0 saturated carbocycles. The molecule has 158 valence electrons. The van der Waals surface area contributed by atoms with Crippen molar-refractivity contribution in [1.29, 1.82) is 0 Å². The van der Waals surface area contributed by atoms with Gasteiger partial charge < -0.3 is 9.47 Å². The molecular weight excluding hydrogens is 404 g/mol. The van der Waals surface area contributed by atoms with E-state index in [0.717, 1.165) is 12.1 Å². The maximum atomic E-state index is 11.9. The maximum Gasteiger partial charge on any atom is 0.329 e. The van der Waals surface area contributed by atoms with Crippen molar-refractivity contribution in [2.45, 2.75) is 0 Å². The van der Waals surface area contributed by atoms with Crippen LogP contribution in [0.15, 0.2) is 36.4 Å². The molecule has 14 heteroatoms. The zero-order chi connectivity index (χ0) is 22.3. The van der Waals surface area contributed by atoms with Crippen LogP contribution in [0.25, 0.3) is 0 Å². The Hall–Kier alpha value is -4.62. The van der Waals surface area contributed by atoms with Crippen LogP contribution < -0.4 is 31.2 Å². The minimum atomic E-state index is -1.15. The number of anilines is 2. The van der Waals surface area contributed by atoms with Gasteiger partial charge in [0.05, 0.1) is 47.6 Å². The van der Waals surface area contributed by atoms with E-state index in [1.54, 1.807) is 0 Å². The fourth-order valence-electron chi connectivity index (χ4n) is 2.13. The number of hydrazine groups is 2. The highest BCUT2D eigenvalue weighted by Gasteiger charge is 2.16. The van der Waals surface area contributed by atoms with Gasteiger partial charge in [-0.2, -0.15) is 0 Å². The van der Waals surface area contributed by atoms with Crippen LogP contribution in [0.2, 0.25) is 0 Å². The lowest BCUT2D eigenvalue weighted by atomic mass is 10.2. The van der Waals surface area contributed by atoms with Crippen molar-refractivity contribution in [3.63, 3.8) is 0 Å². The van der Waals surface area contributed by atoms with E-state index in [9.17, 15) is 29.8 Å². The summed E-state index contributed by atoms with van der Waals surface area (Å²) in [7, 11) is 2.62. The van der Waals surface area contributed by atoms with Gasteiger partial charge in [-0.3, -0.25) is 51.5 Å². The lowest BCUT2D eigenvalue weighted by molar-refractivity contribution is -0.385. The number of nitro groups is 2. The van der Waals surface area contributed by atoms with Crippen molar-refractivity contribution in [2.24, 2.45) is 0 Å². The van der Waals surface area contributed by atoms with Crippen molar-refractivity contribution in [2.75, 3.05) is 25.1 Å². The van der Waals surface area contributed by atoms with Crippen molar-refractivity contribution >= 4 is 34.6 Å². The van der Waals surface area contributed by atoms with E-state index in [-0.39, 0.29) is 34.2 Å². The summed E-state index contributed by atoms with van der Waals surface area (Å²) in [6.45, 7) is 0. The number of nitrogens with zero attached hydrogens (tertiary/aromatic N) is 2. The Balaban J connectivity index is 1.98. The monoisotopic (exact) mass is 420 g/mol. The Morgan fingerprint density at radius 2 is 1.10 bits per heavy atom. The van der Waals surface area contributed by atoms with Crippen LogP contribution in [-0.4, -0.2) is 35.9 Å². The molecule has 14 nitrogen and oxygen atoms in total. The van der Waals surface area contributed by atoms with Crippen LogP contribution in [0.4, 0.5) is 22.7 Å². The smallest absolute Gasteiger partial charge is 0.329 e. The SMILES string of the molecule is COc1cc(NNC(=O)C(=O)NNc2cc(OC)cc([N+](=O)[O-])c2)cc([N+](=O)[O-])c1. The van der Waals surface area contributed by atoms with Crippen molar-refractivity contribution in [1.82, 2.24) is 10.9 Å². The number of hydrogen-bond donors (Lipinski definition) is 4. The van der Waals surface area contributed by atoms with Crippen LogP contribution in [0.3, 0.4) is 0 Å². The second-order valence-corrected chi connectivity index (χ2v) is 5.51. The summed E-state index contributed by atoms with van der Waals surface area (Å²) in [5.74, 6) is -1.98. The molecule has 0 aliphatic heterocycles. The molecule has 0 spiro atoms. The number of nitro benzene ring substituents is 2. The number of carbonyl (C=O) groups excluding carboxylic acids is 2. The molecule has 0 unspecified atom stereocenters. The average molecular weight is 420 g/mol. The standard InChI is InChI=1S/C16H16N6O8/c1-29-13-5-9(3-11(7-13)21(25)26)17-19-15(23)16(24)20-18-10-4-12(22(27)28)8-14(6-10)30-2/h3-8,17-18H,1-2H3,(H,19,23)(H,20,24). The van der Waals surface area contributed by atoms with E-state index in [1.165, 1.54) is 38.5 Å². The van der Waals surface area contributed by atoms with Gasteiger partial charge in [0.15, 0.2) is 0 Å². The number of amides is 2. The van der Waals surface area contributed by atoms with Gasteiger partial charge >= 0.3 is 11.8 Å². The zero-order valence-corrected chi connectivity index (χ0v) is 15.6. The summed E-state index contributed by atoms with van der Waals surface area (Å²) >= 11 is 0. The van der Waals surface area contributed by atoms with Crippen LogP contribution in [0, 0.1) is 20.2 Å². The Morgan fingerprint density at radius 3 is 1.40 bits per heavy atom. The minimum Gasteiger partial charge on any atom is -0.496 e. The Morgan fingerprint density at radius 1 is 0.733 bits per heavy atom. The molecule has 0 aliphatic rings. The van der Waals surface area contributed by atoms with Crippen molar-refractivity contribution in [3.8, 4) is 11.5 Å². The molecule has 0 saturated heterocycles. The van der Waals surface area contributed by atoms with E-state index in [4.69, 9.17) is 9.47 Å². The highest BCUT2D eigenvalue weighted by atomic mass is 16.6. The molecule has 2 amide bonds. The second kappa shape index (κ2) is 9.54. The number of hydrogen-bond acceptors (Lipinski definition) is 10. The number of non-ortho nitro benzene ring substituents is 2. The van der Waals surface area contributed by atoms with Crippen LogP contribution in [0.1, 0.15) is 0 Å². The number of benzene rings is 2. The molecule has 0 aromatic heterocycles. The molecular formula is C16H16N6O8. The molecule has 2 aromatic rings. The highest BCUT2D eigenvalue weighted by Crippen LogP contribution is 2.26. The van der Waals surface area contributed by atoms with Crippen molar-refractivity contribution < 1.29 is 28.9 Å². The third-order valence-corrected chi connectivity index (χ3v) is 3.52. The number of ether oxygens (including phenoxy) is 2. The lowest BCUT2D eigenvalue weighted by Crippen LogP contribution is -2.44. The first-order valence-electron chi connectivity index (χ1n) is 8.02. The summed E-state index contributed by atoms with van der Waals surface area (Å²) < 4.78 is 9.86. The van der Waals surface area contributed by atoms with Crippen molar-refractivity contribution in [3.05, 3.63) is 56.6 Å². The highest BCUT2D eigenvalue weighted by molar-refractivity contribution is 6.35.